The lowest BCUT2D eigenvalue weighted by molar-refractivity contribution is 0.0653. The van der Waals surface area contributed by atoms with Crippen LogP contribution in [0.25, 0.3) is 11.1 Å². The third-order valence-electron chi connectivity index (χ3n) is 2.02. The molecule has 0 radical (unpaired) electrons. The quantitative estimate of drug-likeness (QED) is 0.841. The standard InChI is InChI=1S/C10H6ClNO4/c11-9-7(8(10(14)15)16-12-9)5-3-1-2-4-6(5)13/h1-4,13H,(H,14,15). The summed E-state index contributed by atoms with van der Waals surface area (Å²) < 4.78 is 4.57. The number of carboxylic acids is 1. The molecular weight excluding hydrogens is 234 g/mol. The second-order valence-corrected chi connectivity index (χ2v) is 3.36. The molecule has 5 nitrogen and oxygen atoms in total. The van der Waals surface area contributed by atoms with E-state index >= 15 is 0 Å². The molecule has 0 spiro atoms. The van der Waals surface area contributed by atoms with Gasteiger partial charge in [0.05, 0.1) is 5.56 Å². The smallest absolute Gasteiger partial charge is 0.375 e. The molecule has 0 aliphatic rings. The lowest BCUT2D eigenvalue weighted by Gasteiger charge is -2.01. The maximum Gasteiger partial charge on any atom is 0.375 e. The van der Waals surface area contributed by atoms with E-state index in [1.54, 1.807) is 12.1 Å². The number of phenolic OH excluding ortho intramolecular Hbond substituents is 1. The van der Waals surface area contributed by atoms with Crippen LogP contribution in [0, 0.1) is 0 Å². The average molecular weight is 240 g/mol. The minimum Gasteiger partial charge on any atom is -0.507 e. The van der Waals surface area contributed by atoms with Gasteiger partial charge in [-0.25, -0.2) is 4.79 Å². The van der Waals surface area contributed by atoms with Gasteiger partial charge in [0.25, 0.3) is 5.76 Å². The molecule has 1 aromatic carbocycles. The zero-order valence-electron chi connectivity index (χ0n) is 7.85. The number of hydrogen-bond donors (Lipinski definition) is 2. The lowest BCUT2D eigenvalue weighted by Crippen LogP contribution is -1.96. The third-order valence-corrected chi connectivity index (χ3v) is 2.28. The van der Waals surface area contributed by atoms with Crippen LogP contribution in [0.4, 0.5) is 0 Å². The molecule has 0 unspecified atom stereocenters. The molecule has 1 heterocycles. The lowest BCUT2D eigenvalue weighted by atomic mass is 10.1. The van der Waals surface area contributed by atoms with Crippen LogP contribution in [0.2, 0.25) is 5.15 Å². The van der Waals surface area contributed by atoms with Crippen LogP contribution >= 0.6 is 11.6 Å². The Morgan fingerprint density at radius 2 is 2.06 bits per heavy atom. The Balaban J connectivity index is 2.68. The Kier molecular flexibility index (Phi) is 2.54. The summed E-state index contributed by atoms with van der Waals surface area (Å²) in [4.78, 5) is 10.8. The molecule has 0 saturated carbocycles. The summed E-state index contributed by atoms with van der Waals surface area (Å²) in [6.07, 6.45) is 0. The second kappa shape index (κ2) is 3.86. The van der Waals surface area contributed by atoms with E-state index in [4.69, 9.17) is 16.7 Å². The number of aromatic hydroxyl groups is 1. The van der Waals surface area contributed by atoms with Gasteiger partial charge in [-0.2, -0.15) is 0 Å². The van der Waals surface area contributed by atoms with Crippen molar-refractivity contribution in [1.29, 1.82) is 0 Å². The first-order valence-electron chi connectivity index (χ1n) is 4.28. The highest BCUT2D eigenvalue weighted by Gasteiger charge is 2.23. The number of aromatic nitrogens is 1. The number of carboxylic acid groups (broad SMARTS) is 1. The molecule has 0 aliphatic carbocycles. The maximum absolute atomic E-state index is 10.8. The fraction of sp³-hybridized carbons (Fsp3) is 0. The van der Waals surface area contributed by atoms with Crippen LogP contribution in [0.5, 0.6) is 5.75 Å². The highest BCUT2D eigenvalue weighted by molar-refractivity contribution is 6.32. The zero-order chi connectivity index (χ0) is 11.7. The van der Waals surface area contributed by atoms with E-state index in [-0.39, 0.29) is 22.0 Å². The van der Waals surface area contributed by atoms with E-state index in [0.717, 1.165) is 0 Å². The summed E-state index contributed by atoms with van der Waals surface area (Å²) in [7, 11) is 0. The summed E-state index contributed by atoms with van der Waals surface area (Å²) in [5.41, 5.74) is 0.346. The van der Waals surface area contributed by atoms with Crippen LogP contribution in [0.3, 0.4) is 0 Å². The topological polar surface area (TPSA) is 83.6 Å². The summed E-state index contributed by atoms with van der Waals surface area (Å²) in [6.45, 7) is 0. The van der Waals surface area contributed by atoms with Gasteiger partial charge < -0.3 is 14.7 Å². The van der Waals surface area contributed by atoms with E-state index in [0.29, 0.717) is 0 Å². The Morgan fingerprint density at radius 1 is 1.38 bits per heavy atom. The van der Waals surface area contributed by atoms with Gasteiger partial charge >= 0.3 is 5.97 Å². The van der Waals surface area contributed by atoms with Crippen LogP contribution in [-0.4, -0.2) is 21.3 Å². The fourth-order valence-corrected chi connectivity index (χ4v) is 1.56. The zero-order valence-corrected chi connectivity index (χ0v) is 8.60. The van der Waals surface area contributed by atoms with Crippen molar-refractivity contribution in [3.8, 4) is 16.9 Å². The maximum atomic E-state index is 10.8. The molecule has 2 N–H and O–H groups in total. The van der Waals surface area contributed by atoms with Crippen LogP contribution in [0.15, 0.2) is 28.8 Å². The first-order chi connectivity index (χ1) is 7.61. The van der Waals surface area contributed by atoms with Gasteiger partial charge in [-0.15, -0.1) is 0 Å². The second-order valence-electron chi connectivity index (χ2n) is 3.00. The molecule has 1 aromatic heterocycles. The van der Waals surface area contributed by atoms with Crippen molar-refractivity contribution in [3.05, 3.63) is 35.2 Å². The molecule has 0 aliphatic heterocycles. The number of para-hydroxylation sites is 1. The number of benzene rings is 1. The van der Waals surface area contributed by atoms with Crippen molar-refractivity contribution >= 4 is 17.6 Å². The molecule has 6 heteroatoms. The Hall–Kier alpha value is -2.01. The number of rotatable bonds is 2. The number of carbonyl (C=O) groups is 1. The van der Waals surface area contributed by atoms with Crippen molar-refractivity contribution < 1.29 is 19.5 Å². The van der Waals surface area contributed by atoms with E-state index in [1.165, 1.54) is 12.1 Å². The molecule has 0 atom stereocenters. The van der Waals surface area contributed by atoms with E-state index in [9.17, 15) is 9.90 Å². The minimum atomic E-state index is -1.29. The summed E-state index contributed by atoms with van der Waals surface area (Å²) in [6, 6.07) is 6.20. The molecular formula is C10H6ClNO4. The first kappa shape index (κ1) is 10.5. The normalized spacial score (nSPS) is 10.3. The van der Waals surface area contributed by atoms with Crippen molar-refractivity contribution in [2.24, 2.45) is 0 Å². The molecule has 82 valence electrons. The van der Waals surface area contributed by atoms with E-state index < -0.39 is 11.7 Å². The van der Waals surface area contributed by atoms with Crippen molar-refractivity contribution in [1.82, 2.24) is 5.16 Å². The Morgan fingerprint density at radius 3 is 2.69 bits per heavy atom. The van der Waals surface area contributed by atoms with Crippen molar-refractivity contribution in [3.63, 3.8) is 0 Å². The van der Waals surface area contributed by atoms with Gasteiger partial charge in [-0.05, 0) is 6.07 Å². The summed E-state index contributed by atoms with van der Waals surface area (Å²) in [5, 5.41) is 21.7. The predicted molar refractivity (Wildman–Crippen MR) is 55.6 cm³/mol. The van der Waals surface area contributed by atoms with Gasteiger partial charge in [-0.3, -0.25) is 0 Å². The van der Waals surface area contributed by atoms with Crippen LogP contribution in [0.1, 0.15) is 10.6 Å². The first-order valence-corrected chi connectivity index (χ1v) is 4.66. The Labute approximate surface area is 94.9 Å². The SMILES string of the molecule is O=C(O)c1onc(Cl)c1-c1ccccc1O. The van der Waals surface area contributed by atoms with E-state index in [2.05, 4.69) is 9.68 Å². The van der Waals surface area contributed by atoms with Gasteiger partial charge in [0.15, 0.2) is 5.15 Å². The minimum absolute atomic E-state index is 0.0762. The summed E-state index contributed by atoms with van der Waals surface area (Å²) >= 11 is 5.72. The average Bonchev–Trinajstić information content (AvgIpc) is 2.61. The number of phenols is 1. The highest BCUT2D eigenvalue weighted by Crippen LogP contribution is 2.36. The number of aromatic carboxylic acids is 1. The highest BCUT2D eigenvalue weighted by atomic mass is 35.5. The molecule has 16 heavy (non-hydrogen) atoms. The molecule has 0 bridgehead atoms. The fourth-order valence-electron chi connectivity index (χ4n) is 1.34. The molecule has 0 saturated heterocycles. The predicted octanol–water partition coefficient (Wildman–Crippen LogP) is 2.40. The van der Waals surface area contributed by atoms with Crippen LogP contribution < -0.4 is 0 Å². The largest absolute Gasteiger partial charge is 0.507 e. The Bertz CT molecular complexity index is 550. The monoisotopic (exact) mass is 239 g/mol. The van der Waals surface area contributed by atoms with Crippen molar-refractivity contribution in [2.75, 3.05) is 0 Å². The van der Waals surface area contributed by atoms with Crippen LogP contribution in [-0.2, 0) is 0 Å². The molecule has 2 aromatic rings. The van der Waals surface area contributed by atoms with Gasteiger partial charge in [-0.1, -0.05) is 35.0 Å². The number of nitrogens with zero attached hydrogens (tertiary/aromatic N) is 1. The van der Waals surface area contributed by atoms with E-state index in [1.807, 2.05) is 0 Å². The summed E-state index contributed by atoms with van der Waals surface area (Å²) in [5.74, 6) is -1.78. The van der Waals surface area contributed by atoms with Gasteiger partial charge in [0.2, 0.25) is 0 Å². The molecule has 0 amide bonds. The van der Waals surface area contributed by atoms with Crippen molar-refractivity contribution in [2.45, 2.75) is 0 Å². The molecule has 2 rings (SSSR count). The number of halogens is 1. The van der Waals surface area contributed by atoms with Gasteiger partial charge in [0, 0.05) is 5.56 Å². The van der Waals surface area contributed by atoms with Gasteiger partial charge in [0.1, 0.15) is 5.75 Å². The number of hydrogen-bond acceptors (Lipinski definition) is 4. The third kappa shape index (κ3) is 1.61. The molecule has 0 fully saturated rings.